The standard InChI is InChI=1S/C17H20BrNO5S2/c1-4-15(12-5-8-14(9-6-12)25(3,20)21)19-26(22,23)17-11-13(18)7-10-16(17)24-2/h5-11,15,19H,4H2,1-3H3/t15-/m1/s1. The molecule has 6 nitrogen and oxygen atoms in total. The Morgan fingerprint density at radius 2 is 1.69 bits per heavy atom. The van der Waals surface area contributed by atoms with Crippen LogP contribution in [0.4, 0.5) is 0 Å². The molecule has 0 aromatic heterocycles. The minimum atomic E-state index is -3.85. The van der Waals surface area contributed by atoms with E-state index in [0.29, 0.717) is 16.5 Å². The molecule has 142 valence electrons. The molecule has 0 saturated heterocycles. The molecule has 1 atom stereocenters. The number of sulfonamides is 1. The van der Waals surface area contributed by atoms with Gasteiger partial charge in [0.2, 0.25) is 10.0 Å². The summed E-state index contributed by atoms with van der Waals surface area (Å²) >= 11 is 3.27. The van der Waals surface area contributed by atoms with Crippen molar-refractivity contribution in [2.24, 2.45) is 0 Å². The molecule has 0 bridgehead atoms. The van der Waals surface area contributed by atoms with Gasteiger partial charge in [-0.3, -0.25) is 0 Å². The van der Waals surface area contributed by atoms with E-state index in [9.17, 15) is 16.8 Å². The smallest absolute Gasteiger partial charge is 0.244 e. The van der Waals surface area contributed by atoms with Crippen LogP contribution in [0.3, 0.4) is 0 Å². The lowest BCUT2D eigenvalue weighted by Crippen LogP contribution is -2.28. The van der Waals surface area contributed by atoms with Gasteiger partial charge >= 0.3 is 0 Å². The summed E-state index contributed by atoms with van der Waals surface area (Å²) < 4.78 is 57.2. The summed E-state index contributed by atoms with van der Waals surface area (Å²) in [6.45, 7) is 1.84. The van der Waals surface area contributed by atoms with Gasteiger partial charge in [-0.05, 0) is 42.3 Å². The van der Waals surface area contributed by atoms with Crippen molar-refractivity contribution in [1.29, 1.82) is 0 Å². The summed E-state index contributed by atoms with van der Waals surface area (Å²) in [7, 11) is -5.74. The first-order valence-corrected chi connectivity index (χ1v) is 11.9. The molecular formula is C17H20BrNO5S2. The average Bonchev–Trinajstić information content (AvgIpc) is 2.59. The quantitative estimate of drug-likeness (QED) is 0.682. The lowest BCUT2D eigenvalue weighted by Gasteiger charge is -2.19. The molecule has 0 saturated carbocycles. The molecule has 9 heteroatoms. The third-order valence-electron chi connectivity index (χ3n) is 3.83. The van der Waals surface area contributed by atoms with Crippen LogP contribution in [0.25, 0.3) is 0 Å². The monoisotopic (exact) mass is 461 g/mol. The molecule has 1 N–H and O–H groups in total. The van der Waals surface area contributed by atoms with Crippen molar-refractivity contribution in [3.8, 4) is 5.75 Å². The average molecular weight is 462 g/mol. The lowest BCUT2D eigenvalue weighted by atomic mass is 10.1. The van der Waals surface area contributed by atoms with Crippen molar-refractivity contribution >= 4 is 35.8 Å². The van der Waals surface area contributed by atoms with Crippen LogP contribution in [0.15, 0.2) is 56.7 Å². The molecule has 0 heterocycles. The second kappa shape index (κ2) is 8.08. The Labute approximate surface area is 162 Å². The maximum absolute atomic E-state index is 12.8. The third kappa shape index (κ3) is 4.85. The van der Waals surface area contributed by atoms with Crippen LogP contribution in [0.2, 0.25) is 0 Å². The van der Waals surface area contributed by atoms with Gasteiger partial charge < -0.3 is 4.74 Å². The number of sulfone groups is 1. The third-order valence-corrected chi connectivity index (χ3v) is 6.95. The first-order valence-electron chi connectivity index (χ1n) is 7.74. The highest BCUT2D eigenvalue weighted by Crippen LogP contribution is 2.29. The van der Waals surface area contributed by atoms with Crippen molar-refractivity contribution in [2.75, 3.05) is 13.4 Å². The highest BCUT2D eigenvalue weighted by atomic mass is 79.9. The topological polar surface area (TPSA) is 89.5 Å². The number of halogens is 1. The number of benzene rings is 2. The lowest BCUT2D eigenvalue weighted by molar-refractivity contribution is 0.401. The molecule has 2 aromatic carbocycles. The Morgan fingerprint density at radius 1 is 1.08 bits per heavy atom. The van der Waals surface area contributed by atoms with Crippen molar-refractivity contribution < 1.29 is 21.6 Å². The van der Waals surface area contributed by atoms with Crippen LogP contribution < -0.4 is 9.46 Å². The fourth-order valence-corrected chi connectivity index (χ4v) is 5.09. The summed E-state index contributed by atoms with van der Waals surface area (Å²) in [4.78, 5) is 0.216. The van der Waals surface area contributed by atoms with E-state index in [1.165, 1.54) is 25.3 Å². The molecule has 0 spiro atoms. The Hall–Kier alpha value is -1.42. The number of hydrogen-bond acceptors (Lipinski definition) is 5. The minimum Gasteiger partial charge on any atom is -0.495 e. The first kappa shape index (κ1) is 20.9. The number of ether oxygens (including phenoxy) is 1. The van der Waals surface area contributed by atoms with Gasteiger partial charge in [-0.15, -0.1) is 0 Å². The van der Waals surface area contributed by atoms with Gasteiger partial charge in [0, 0.05) is 16.8 Å². The van der Waals surface area contributed by atoms with E-state index in [-0.39, 0.29) is 15.5 Å². The Balaban J connectivity index is 2.36. The zero-order valence-electron chi connectivity index (χ0n) is 14.6. The fourth-order valence-electron chi connectivity index (χ4n) is 2.45. The van der Waals surface area contributed by atoms with Gasteiger partial charge in [0.05, 0.1) is 12.0 Å². The van der Waals surface area contributed by atoms with E-state index >= 15 is 0 Å². The van der Waals surface area contributed by atoms with E-state index in [4.69, 9.17) is 4.74 Å². The van der Waals surface area contributed by atoms with Gasteiger partial charge in [0.15, 0.2) is 9.84 Å². The first-order chi connectivity index (χ1) is 12.1. The van der Waals surface area contributed by atoms with Crippen LogP contribution in [0.1, 0.15) is 24.9 Å². The molecule has 0 aliphatic heterocycles. The Kier molecular flexibility index (Phi) is 6.49. The van der Waals surface area contributed by atoms with Crippen LogP contribution in [0.5, 0.6) is 5.75 Å². The minimum absolute atomic E-state index is 0.0283. The molecule has 0 aliphatic rings. The van der Waals surface area contributed by atoms with Crippen molar-refractivity contribution in [1.82, 2.24) is 4.72 Å². The van der Waals surface area contributed by atoms with Gasteiger partial charge in [0.1, 0.15) is 10.6 Å². The van der Waals surface area contributed by atoms with Crippen LogP contribution in [-0.4, -0.2) is 30.2 Å². The molecule has 0 aliphatic carbocycles. The van der Waals surface area contributed by atoms with Crippen molar-refractivity contribution in [3.05, 3.63) is 52.5 Å². The van der Waals surface area contributed by atoms with Gasteiger partial charge in [0.25, 0.3) is 0 Å². The van der Waals surface area contributed by atoms with E-state index in [1.54, 1.807) is 24.3 Å². The molecule has 0 fully saturated rings. The van der Waals surface area contributed by atoms with Crippen LogP contribution in [-0.2, 0) is 19.9 Å². The highest BCUT2D eigenvalue weighted by molar-refractivity contribution is 9.10. The molecule has 2 aromatic rings. The summed E-state index contributed by atoms with van der Waals surface area (Å²) in [6.07, 6.45) is 1.62. The Morgan fingerprint density at radius 3 is 2.19 bits per heavy atom. The van der Waals surface area contributed by atoms with Gasteiger partial charge in [-0.1, -0.05) is 35.0 Å². The number of hydrogen-bond donors (Lipinski definition) is 1. The van der Waals surface area contributed by atoms with E-state index in [1.807, 2.05) is 6.92 Å². The summed E-state index contributed by atoms with van der Waals surface area (Å²) in [5, 5.41) is 0. The normalized spacial score (nSPS) is 13.4. The molecule has 0 unspecified atom stereocenters. The summed E-state index contributed by atoms with van der Waals surface area (Å²) in [5.74, 6) is 0.239. The van der Waals surface area contributed by atoms with E-state index in [2.05, 4.69) is 20.7 Å². The van der Waals surface area contributed by atoms with Crippen molar-refractivity contribution in [2.45, 2.75) is 29.2 Å². The number of nitrogens with one attached hydrogen (secondary N) is 1. The largest absolute Gasteiger partial charge is 0.495 e. The molecular weight excluding hydrogens is 442 g/mol. The predicted molar refractivity (Wildman–Crippen MR) is 104 cm³/mol. The number of rotatable bonds is 7. The second-order valence-electron chi connectivity index (χ2n) is 5.72. The molecule has 26 heavy (non-hydrogen) atoms. The zero-order valence-corrected chi connectivity index (χ0v) is 17.8. The maximum atomic E-state index is 12.8. The molecule has 2 rings (SSSR count). The van der Waals surface area contributed by atoms with Crippen molar-refractivity contribution in [3.63, 3.8) is 0 Å². The van der Waals surface area contributed by atoms with Gasteiger partial charge in [-0.25, -0.2) is 21.6 Å². The fraction of sp³-hybridized carbons (Fsp3) is 0.294. The van der Waals surface area contributed by atoms with Crippen LogP contribution >= 0.6 is 15.9 Å². The summed E-state index contributed by atoms with van der Waals surface area (Å²) in [5.41, 5.74) is 0.678. The van der Waals surface area contributed by atoms with E-state index < -0.39 is 25.9 Å². The highest BCUT2D eigenvalue weighted by Gasteiger charge is 2.24. The summed E-state index contributed by atoms with van der Waals surface area (Å²) in [6, 6.07) is 10.4. The predicted octanol–water partition coefficient (Wildman–Crippen LogP) is 3.29. The second-order valence-corrected chi connectivity index (χ2v) is 10.3. The SMILES string of the molecule is CC[C@@H](NS(=O)(=O)c1cc(Br)ccc1OC)c1ccc(S(C)(=O)=O)cc1. The Bertz CT molecular complexity index is 986. The zero-order chi connectivity index (χ0) is 19.5. The molecule has 0 amide bonds. The maximum Gasteiger partial charge on any atom is 0.244 e. The van der Waals surface area contributed by atoms with Crippen LogP contribution in [0, 0.1) is 0 Å². The molecule has 0 radical (unpaired) electrons. The number of methoxy groups -OCH3 is 1. The van der Waals surface area contributed by atoms with E-state index in [0.717, 1.165) is 6.26 Å². The van der Waals surface area contributed by atoms with Gasteiger partial charge in [-0.2, -0.15) is 0 Å².